The van der Waals surface area contributed by atoms with Crippen molar-refractivity contribution in [2.24, 2.45) is 0 Å². The summed E-state index contributed by atoms with van der Waals surface area (Å²) >= 11 is 2.91. The fourth-order valence-corrected chi connectivity index (χ4v) is 1.50. The molecule has 0 radical (unpaired) electrons. The number of rotatable bonds is 5. The minimum Gasteiger partial charge on any atom is -0.481 e. The highest BCUT2D eigenvalue weighted by molar-refractivity contribution is 9.10. The molecule has 1 amide bonds. The van der Waals surface area contributed by atoms with Crippen LogP contribution in [0.4, 0.5) is 4.39 Å². The van der Waals surface area contributed by atoms with Gasteiger partial charge in [0.05, 0.1) is 10.9 Å². The van der Waals surface area contributed by atoms with Gasteiger partial charge in [-0.2, -0.15) is 0 Å². The summed E-state index contributed by atoms with van der Waals surface area (Å²) in [7, 11) is 0. The molecule has 0 aromatic heterocycles. The molecule has 102 valence electrons. The Kier molecular flexibility index (Phi) is 4.99. The third-order valence-electron chi connectivity index (χ3n) is 2.16. The number of hydrogen-bond acceptors (Lipinski definition) is 3. The predicted molar refractivity (Wildman–Crippen MR) is 65.2 cm³/mol. The number of halogens is 2. The molecule has 0 bridgehead atoms. The number of carbonyl (C=O) groups is 3. The maximum Gasteiger partial charge on any atom is 0.326 e. The Morgan fingerprint density at radius 2 is 1.95 bits per heavy atom. The Labute approximate surface area is 115 Å². The van der Waals surface area contributed by atoms with Gasteiger partial charge in [0.2, 0.25) is 0 Å². The van der Waals surface area contributed by atoms with Crippen molar-refractivity contribution in [2.75, 3.05) is 0 Å². The molecule has 3 N–H and O–H groups in total. The first-order valence-corrected chi connectivity index (χ1v) is 5.81. The molecule has 0 unspecified atom stereocenters. The largest absolute Gasteiger partial charge is 0.481 e. The zero-order valence-corrected chi connectivity index (χ0v) is 11.0. The van der Waals surface area contributed by atoms with Crippen molar-refractivity contribution in [1.29, 1.82) is 0 Å². The molecule has 8 heteroatoms. The van der Waals surface area contributed by atoms with Crippen molar-refractivity contribution in [1.82, 2.24) is 5.32 Å². The molecule has 1 aromatic rings. The number of carboxylic acid groups (broad SMARTS) is 2. The van der Waals surface area contributed by atoms with Gasteiger partial charge in [-0.15, -0.1) is 0 Å². The molecule has 1 atom stereocenters. The van der Waals surface area contributed by atoms with Crippen LogP contribution < -0.4 is 5.32 Å². The molecule has 0 aliphatic rings. The molecule has 1 rings (SSSR count). The summed E-state index contributed by atoms with van der Waals surface area (Å²) in [6, 6.07) is 1.91. The minimum absolute atomic E-state index is 0.0997. The molecule has 1 aromatic carbocycles. The second-order valence-corrected chi connectivity index (χ2v) is 4.45. The summed E-state index contributed by atoms with van der Waals surface area (Å²) in [5, 5.41) is 19.3. The van der Waals surface area contributed by atoms with Gasteiger partial charge >= 0.3 is 11.9 Å². The fourth-order valence-electron chi connectivity index (χ4n) is 1.25. The van der Waals surface area contributed by atoms with Crippen LogP contribution in [0.5, 0.6) is 0 Å². The molecule has 0 aliphatic carbocycles. The van der Waals surface area contributed by atoms with Gasteiger partial charge in [-0.1, -0.05) is 0 Å². The summed E-state index contributed by atoms with van der Waals surface area (Å²) in [6.45, 7) is 0. The highest BCUT2D eigenvalue weighted by Crippen LogP contribution is 2.16. The molecule has 0 saturated heterocycles. The SMILES string of the molecule is O=C(O)C[C@H](NC(=O)c1ccc(Br)c(F)c1)C(=O)O. The number of benzene rings is 1. The van der Waals surface area contributed by atoms with Crippen molar-refractivity contribution < 1.29 is 29.0 Å². The van der Waals surface area contributed by atoms with E-state index in [1.807, 2.05) is 5.32 Å². The summed E-state index contributed by atoms with van der Waals surface area (Å²) in [6.07, 6.45) is -0.764. The average molecular weight is 334 g/mol. The first-order chi connectivity index (χ1) is 8.81. The van der Waals surface area contributed by atoms with Crippen LogP contribution in [-0.2, 0) is 9.59 Å². The van der Waals surface area contributed by atoms with E-state index in [2.05, 4.69) is 15.9 Å². The van der Waals surface area contributed by atoms with Gasteiger partial charge in [-0.25, -0.2) is 9.18 Å². The Morgan fingerprint density at radius 1 is 1.32 bits per heavy atom. The first-order valence-electron chi connectivity index (χ1n) is 5.01. The van der Waals surface area contributed by atoms with Gasteiger partial charge in [0.25, 0.3) is 5.91 Å². The van der Waals surface area contributed by atoms with E-state index < -0.39 is 36.1 Å². The first kappa shape index (κ1) is 15.1. The summed E-state index contributed by atoms with van der Waals surface area (Å²) in [4.78, 5) is 32.9. The average Bonchev–Trinajstić information content (AvgIpc) is 2.31. The van der Waals surface area contributed by atoms with Crippen LogP contribution in [0.25, 0.3) is 0 Å². The van der Waals surface area contributed by atoms with Crippen molar-refractivity contribution in [3.63, 3.8) is 0 Å². The third-order valence-corrected chi connectivity index (χ3v) is 2.81. The lowest BCUT2D eigenvalue weighted by Gasteiger charge is -2.12. The van der Waals surface area contributed by atoms with Crippen LogP contribution in [-0.4, -0.2) is 34.1 Å². The van der Waals surface area contributed by atoms with Crippen LogP contribution in [0.3, 0.4) is 0 Å². The standard InChI is InChI=1S/C11H9BrFNO5/c12-6-2-1-5(3-7(6)13)10(17)14-8(11(18)19)4-9(15)16/h1-3,8H,4H2,(H,14,17)(H,15,16)(H,18,19)/t8-/m0/s1. The van der Waals surface area contributed by atoms with Gasteiger partial charge in [0.15, 0.2) is 0 Å². The van der Waals surface area contributed by atoms with Crippen molar-refractivity contribution in [2.45, 2.75) is 12.5 Å². The zero-order chi connectivity index (χ0) is 14.6. The lowest BCUT2D eigenvalue weighted by Crippen LogP contribution is -2.42. The van der Waals surface area contributed by atoms with Gasteiger partial charge in [0, 0.05) is 5.56 Å². The van der Waals surface area contributed by atoms with E-state index in [1.165, 1.54) is 12.1 Å². The van der Waals surface area contributed by atoms with Crippen molar-refractivity contribution in [3.05, 3.63) is 34.1 Å². The zero-order valence-electron chi connectivity index (χ0n) is 9.39. The maximum atomic E-state index is 13.2. The van der Waals surface area contributed by atoms with Crippen LogP contribution in [0, 0.1) is 5.82 Å². The monoisotopic (exact) mass is 333 g/mol. The molecule has 0 fully saturated rings. The van der Waals surface area contributed by atoms with E-state index in [9.17, 15) is 18.8 Å². The van der Waals surface area contributed by atoms with Crippen LogP contribution in [0.2, 0.25) is 0 Å². The predicted octanol–water partition coefficient (Wildman–Crippen LogP) is 1.25. The maximum absolute atomic E-state index is 13.2. The van der Waals surface area contributed by atoms with Gasteiger partial charge < -0.3 is 15.5 Å². The Bertz CT molecular complexity index is 534. The highest BCUT2D eigenvalue weighted by Gasteiger charge is 2.23. The Balaban J connectivity index is 2.84. The van der Waals surface area contributed by atoms with E-state index in [0.717, 1.165) is 6.07 Å². The normalized spacial score (nSPS) is 11.7. The number of amides is 1. The number of nitrogens with one attached hydrogen (secondary N) is 1. The van der Waals surface area contributed by atoms with Crippen LogP contribution >= 0.6 is 15.9 Å². The van der Waals surface area contributed by atoms with Gasteiger partial charge in [-0.3, -0.25) is 9.59 Å². The van der Waals surface area contributed by atoms with Crippen molar-refractivity contribution in [3.8, 4) is 0 Å². The van der Waals surface area contributed by atoms with E-state index in [0.29, 0.717) is 0 Å². The van der Waals surface area contributed by atoms with E-state index in [4.69, 9.17) is 10.2 Å². The molecule has 0 saturated carbocycles. The molecule has 0 heterocycles. The summed E-state index contributed by atoms with van der Waals surface area (Å²) < 4.78 is 13.4. The Morgan fingerprint density at radius 3 is 2.42 bits per heavy atom. The topological polar surface area (TPSA) is 104 Å². The van der Waals surface area contributed by atoms with Crippen molar-refractivity contribution >= 4 is 33.8 Å². The fraction of sp³-hybridized carbons (Fsp3) is 0.182. The lowest BCUT2D eigenvalue weighted by molar-refractivity contribution is -0.145. The molecule has 0 aliphatic heterocycles. The number of carbonyl (C=O) groups excluding carboxylic acids is 1. The van der Waals surface area contributed by atoms with Crippen LogP contribution in [0.1, 0.15) is 16.8 Å². The van der Waals surface area contributed by atoms with Crippen LogP contribution in [0.15, 0.2) is 22.7 Å². The second kappa shape index (κ2) is 6.28. The number of aliphatic carboxylic acids is 2. The van der Waals surface area contributed by atoms with E-state index in [1.54, 1.807) is 0 Å². The molecular weight excluding hydrogens is 325 g/mol. The quantitative estimate of drug-likeness (QED) is 0.752. The molecule has 6 nitrogen and oxygen atoms in total. The highest BCUT2D eigenvalue weighted by atomic mass is 79.9. The minimum atomic E-state index is -1.57. The number of carboxylic acids is 2. The number of hydrogen-bond donors (Lipinski definition) is 3. The Hall–Kier alpha value is -1.96. The molecule has 0 spiro atoms. The van der Waals surface area contributed by atoms with Gasteiger partial charge in [-0.05, 0) is 34.1 Å². The second-order valence-electron chi connectivity index (χ2n) is 3.59. The van der Waals surface area contributed by atoms with E-state index in [-0.39, 0.29) is 10.0 Å². The summed E-state index contributed by atoms with van der Waals surface area (Å²) in [5.74, 6) is -4.39. The third kappa shape index (κ3) is 4.32. The van der Waals surface area contributed by atoms with E-state index >= 15 is 0 Å². The molecule has 19 heavy (non-hydrogen) atoms. The van der Waals surface area contributed by atoms with Gasteiger partial charge in [0.1, 0.15) is 11.9 Å². The lowest BCUT2D eigenvalue weighted by atomic mass is 10.1. The summed E-state index contributed by atoms with van der Waals surface area (Å²) in [5.41, 5.74) is -0.0997. The molecular formula is C11H9BrFNO5. The smallest absolute Gasteiger partial charge is 0.326 e.